The summed E-state index contributed by atoms with van der Waals surface area (Å²) >= 11 is 0. The van der Waals surface area contributed by atoms with Crippen LogP contribution >= 0.6 is 0 Å². The van der Waals surface area contributed by atoms with E-state index in [0.29, 0.717) is 26.3 Å². The second-order valence-electron chi connectivity index (χ2n) is 6.82. The molecule has 0 aliphatic carbocycles. The number of piperidine rings is 1. The van der Waals surface area contributed by atoms with E-state index < -0.39 is 0 Å². The van der Waals surface area contributed by atoms with Crippen LogP contribution in [0.3, 0.4) is 0 Å². The van der Waals surface area contributed by atoms with Gasteiger partial charge in [0.2, 0.25) is 5.91 Å². The van der Waals surface area contributed by atoms with E-state index in [4.69, 9.17) is 14.2 Å². The van der Waals surface area contributed by atoms with Crippen LogP contribution in [0.2, 0.25) is 0 Å². The summed E-state index contributed by atoms with van der Waals surface area (Å²) in [5.41, 5.74) is 0. The van der Waals surface area contributed by atoms with Crippen molar-refractivity contribution >= 4 is 5.91 Å². The molecule has 0 aromatic rings. The molecule has 3 heterocycles. The third kappa shape index (κ3) is 3.30. The molecule has 3 rings (SSSR count). The Bertz CT molecular complexity index is 391. The predicted octanol–water partition coefficient (Wildman–Crippen LogP) is 0.850. The van der Waals surface area contributed by atoms with E-state index >= 15 is 0 Å². The first-order valence-corrected chi connectivity index (χ1v) is 8.45. The maximum atomic E-state index is 12.8. The molecule has 6 heteroatoms. The molecule has 3 saturated heterocycles. The van der Waals surface area contributed by atoms with Gasteiger partial charge in [0.25, 0.3) is 0 Å². The zero-order valence-electron chi connectivity index (χ0n) is 13.9. The van der Waals surface area contributed by atoms with Gasteiger partial charge in [0.1, 0.15) is 0 Å². The summed E-state index contributed by atoms with van der Waals surface area (Å²) < 4.78 is 17.2. The van der Waals surface area contributed by atoms with Crippen molar-refractivity contribution in [2.45, 2.75) is 57.6 Å². The SMILES string of the molecule is CC1CN(C(=O)C(C)N2CCC3(CC2)OCCO3)CC(C)O1. The zero-order chi connectivity index (χ0) is 15.7. The maximum Gasteiger partial charge on any atom is 0.239 e. The number of hydrogen-bond acceptors (Lipinski definition) is 5. The molecule has 3 atom stereocenters. The quantitative estimate of drug-likeness (QED) is 0.757. The molecule has 0 saturated carbocycles. The maximum absolute atomic E-state index is 12.8. The zero-order valence-corrected chi connectivity index (χ0v) is 13.9. The number of nitrogens with zero attached hydrogens (tertiary/aromatic N) is 2. The van der Waals surface area contributed by atoms with Crippen LogP contribution in [0.1, 0.15) is 33.6 Å². The van der Waals surface area contributed by atoms with Gasteiger partial charge in [-0.25, -0.2) is 0 Å². The largest absolute Gasteiger partial charge is 0.372 e. The van der Waals surface area contributed by atoms with Crippen molar-refractivity contribution in [3.8, 4) is 0 Å². The highest BCUT2D eigenvalue weighted by Gasteiger charge is 2.42. The van der Waals surface area contributed by atoms with E-state index in [2.05, 4.69) is 4.90 Å². The molecular weight excluding hydrogens is 284 g/mol. The predicted molar refractivity (Wildman–Crippen MR) is 81.5 cm³/mol. The van der Waals surface area contributed by atoms with Gasteiger partial charge in [0.05, 0.1) is 31.5 Å². The molecule has 1 amide bonds. The minimum Gasteiger partial charge on any atom is -0.372 e. The Labute approximate surface area is 132 Å². The monoisotopic (exact) mass is 312 g/mol. The molecule has 3 fully saturated rings. The van der Waals surface area contributed by atoms with Gasteiger partial charge < -0.3 is 19.1 Å². The van der Waals surface area contributed by atoms with Gasteiger partial charge in [-0.3, -0.25) is 9.69 Å². The molecule has 0 radical (unpaired) electrons. The van der Waals surface area contributed by atoms with Crippen molar-refractivity contribution in [2.75, 3.05) is 39.4 Å². The lowest BCUT2D eigenvalue weighted by Gasteiger charge is -2.42. The molecule has 0 aromatic carbocycles. The van der Waals surface area contributed by atoms with Crippen LogP contribution in [-0.4, -0.2) is 79.1 Å². The van der Waals surface area contributed by atoms with Crippen molar-refractivity contribution in [1.82, 2.24) is 9.80 Å². The van der Waals surface area contributed by atoms with Gasteiger partial charge in [-0.05, 0) is 20.8 Å². The number of ether oxygens (including phenoxy) is 3. The highest BCUT2D eigenvalue weighted by molar-refractivity contribution is 5.81. The van der Waals surface area contributed by atoms with Crippen molar-refractivity contribution in [3.63, 3.8) is 0 Å². The highest BCUT2D eigenvalue weighted by Crippen LogP contribution is 2.32. The van der Waals surface area contributed by atoms with E-state index in [-0.39, 0.29) is 29.9 Å². The fraction of sp³-hybridized carbons (Fsp3) is 0.938. The molecule has 0 N–H and O–H groups in total. The summed E-state index contributed by atoms with van der Waals surface area (Å²) in [5.74, 6) is -0.160. The van der Waals surface area contributed by atoms with E-state index in [1.165, 1.54) is 0 Å². The molecule has 22 heavy (non-hydrogen) atoms. The summed E-state index contributed by atoms with van der Waals surface area (Å²) in [6.07, 6.45) is 1.93. The number of hydrogen-bond donors (Lipinski definition) is 0. The summed E-state index contributed by atoms with van der Waals surface area (Å²) in [4.78, 5) is 17.0. The first-order chi connectivity index (χ1) is 10.5. The minimum absolute atomic E-state index is 0.0868. The van der Waals surface area contributed by atoms with Gasteiger partial charge in [0, 0.05) is 39.0 Å². The van der Waals surface area contributed by atoms with Crippen molar-refractivity contribution in [3.05, 3.63) is 0 Å². The topological polar surface area (TPSA) is 51.2 Å². The van der Waals surface area contributed by atoms with Crippen molar-refractivity contribution in [1.29, 1.82) is 0 Å². The summed E-state index contributed by atoms with van der Waals surface area (Å²) in [7, 11) is 0. The van der Waals surface area contributed by atoms with Crippen LogP contribution in [0.5, 0.6) is 0 Å². The number of amides is 1. The van der Waals surface area contributed by atoms with Crippen LogP contribution in [0.25, 0.3) is 0 Å². The van der Waals surface area contributed by atoms with Crippen molar-refractivity contribution < 1.29 is 19.0 Å². The van der Waals surface area contributed by atoms with Crippen LogP contribution in [0.4, 0.5) is 0 Å². The Morgan fingerprint density at radius 1 is 1.09 bits per heavy atom. The molecule has 6 nitrogen and oxygen atoms in total. The Balaban J connectivity index is 1.55. The Morgan fingerprint density at radius 2 is 1.64 bits per heavy atom. The van der Waals surface area contributed by atoms with E-state index in [1.807, 2.05) is 25.7 Å². The fourth-order valence-electron chi connectivity index (χ4n) is 3.82. The molecule has 3 aliphatic heterocycles. The summed E-state index contributed by atoms with van der Waals surface area (Å²) in [6.45, 7) is 10.5. The van der Waals surface area contributed by atoms with Crippen LogP contribution in [-0.2, 0) is 19.0 Å². The Morgan fingerprint density at radius 3 is 2.18 bits per heavy atom. The summed E-state index contributed by atoms with van der Waals surface area (Å²) in [6, 6.07) is -0.0868. The lowest BCUT2D eigenvalue weighted by Crippen LogP contribution is -2.56. The number of likely N-dealkylation sites (tertiary alicyclic amines) is 1. The molecule has 3 aliphatic rings. The Hall–Kier alpha value is -0.690. The fourth-order valence-corrected chi connectivity index (χ4v) is 3.82. The van der Waals surface area contributed by atoms with Gasteiger partial charge in [-0.1, -0.05) is 0 Å². The number of rotatable bonds is 2. The van der Waals surface area contributed by atoms with Crippen LogP contribution in [0.15, 0.2) is 0 Å². The molecule has 1 spiro atoms. The van der Waals surface area contributed by atoms with Crippen LogP contribution in [0, 0.1) is 0 Å². The number of morpholine rings is 1. The lowest BCUT2D eigenvalue weighted by atomic mass is 10.0. The molecule has 3 unspecified atom stereocenters. The van der Waals surface area contributed by atoms with Gasteiger partial charge in [0.15, 0.2) is 5.79 Å². The molecule has 126 valence electrons. The number of carbonyl (C=O) groups excluding carboxylic acids is 1. The molecule has 0 bridgehead atoms. The van der Waals surface area contributed by atoms with Gasteiger partial charge in [-0.2, -0.15) is 0 Å². The summed E-state index contributed by atoms with van der Waals surface area (Å²) in [5, 5.41) is 0. The van der Waals surface area contributed by atoms with E-state index in [1.54, 1.807) is 0 Å². The third-order valence-electron chi connectivity index (χ3n) is 5.01. The van der Waals surface area contributed by atoms with Crippen LogP contribution < -0.4 is 0 Å². The average Bonchev–Trinajstić information content (AvgIpc) is 2.94. The lowest BCUT2D eigenvalue weighted by molar-refractivity contribution is -0.189. The third-order valence-corrected chi connectivity index (χ3v) is 5.01. The second kappa shape index (κ2) is 6.43. The van der Waals surface area contributed by atoms with Gasteiger partial charge >= 0.3 is 0 Å². The minimum atomic E-state index is -0.374. The smallest absolute Gasteiger partial charge is 0.239 e. The first-order valence-electron chi connectivity index (χ1n) is 8.45. The first kappa shape index (κ1) is 16.2. The Kier molecular flexibility index (Phi) is 4.73. The normalized spacial score (nSPS) is 34.0. The molecular formula is C16H28N2O4. The average molecular weight is 312 g/mol. The van der Waals surface area contributed by atoms with E-state index in [0.717, 1.165) is 25.9 Å². The number of carbonyl (C=O) groups is 1. The van der Waals surface area contributed by atoms with Gasteiger partial charge in [-0.15, -0.1) is 0 Å². The van der Waals surface area contributed by atoms with Crippen molar-refractivity contribution in [2.24, 2.45) is 0 Å². The standard InChI is InChI=1S/C16H28N2O4/c1-12-10-18(11-13(2)22-12)15(19)14(3)17-6-4-16(5-7-17)20-8-9-21-16/h12-14H,4-11H2,1-3H3. The highest BCUT2D eigenvalue weighted by atomic mass is 16.7. The second-order valence-corrected chi connectivity index (χ2v) is 6.82. The molecule has 0 aromatic heterocycles. The van der Waals surface area contributed by atoms with E-state index in [9.17, 15) is 4.79 Å².